The molecule has 1 aliphatic heterocycles. The van der Waals surface area contributed by atoms with E-state index in [1.807, 2.05) is 4.90 Å². The first-order valence-electron chi connectivity index (χ1n) is 9.94. The molecule has 7 nitrogen and oxygen atoms in total. The van der Waals surface area contributed by atoms with E-state index in [1.165, 1.54) is 25.7 Å². The van der Waals surface area contributed by atoms with Crippen molar-refractivity contribution in [1.29, 1.82) is 0 Å². The van der Waals surface area contributed by atoms with Gasteiger partial charge in [0.15, 0.2) is 0 Å². The van der Waals surface area contributed by atoms with Crippen LogP contribution in [0.15, 0.2) is 48.9 Å². The van der Waals surface area contributed by atoms with E-state index >= 15 is 0 Å². The van der Waals surface area contributed by atoms with Gasteiger partial charge in [0.25, 0.3) is 5.91 Å². The van der Waals surface area contributed by atoms with E-state index in [1.54, 1.807) is 12.1 Å². The molecule has 3 heterocycles. The lowest BCUT2D eigenvalue weighted by Gasteiger charge is -2.40. The molecule has 0 aliphatic carbocycles. The zero-order chi connectivity index (χ0) is 23.6. The second-order valence-corrected chi connectivity index (χ2v) is 7.61. The quantitative estimate of drug-likeness (QED) is 0.561. The third-order valence-corrected chi connectivity index (χ3v) is 5.30. The maximum absolute atomic E-state index is 13.7. The lowest BCUT2D eigenvalue weighted by Crippen LogP contribution is -2.45. The summed E-state index contributed by atoms with van der Waals surface area (Å²) in [6.45, 7) is 1.11. The first-order valence-corrected chi connectivity index (χ1v) is 9.94. The van der Waals surface area contributed by atoms with Crippen molar-refractivity contribution in [1.82, 2.24) is 20.1 Å². The number of amides is 1. The number of anilines is 1. The molecular weight excluding hydrogens is 442 g/mol. The largest absolute Gasteiger partial charge is 0.480 e. The van der Waals surface area contributed by atoms with Crippen LogP contribution in [0.2, 0.25) is 0 Å². The Labute approximate surface area is 186 Å². The Hall–Kier alpha value is -3.60. The Morgan fingerprint density at radius 3 is 2.64 bits per heavy atom. The van der Waals surface area contributed by atoms with Gasteiger partial charge < -0.3 is 10.1 Å². The molecule has 1 fully saturated rings. The molecule has 0 atom stereocenters. The summed E-state index contributed by atoms with van der Waals surface area (Å²) in [4.78, 5) is 19.0. The second-order valence-electron chi connectivity index (χ2n) is 7.61. The molecule has 33 heavy (non-hydrogen) atoms. The number of rotatable bonds is 6. The number of carbonyl (C=O) groups is 1. The molecule has 3 aromatic rings. The van der Waals surface area contributed by atoms with Gasteiger partial charge in [-0.05, 0) is 41.5 Å². The zero-order valence-corrected chi connectivity index (χ0v) is 17.4. The lowest BCUT2D eigenvalue weighted by molar-refractivity contribution is -0.137. The smallest absolute Gasteiger partial charge is 0.416 e. The van der Waals surface area contributed by atoms with Crippen molar-refractivity contribution < 1.29 is 27.1 Å². The third kappa shape index (κ3) is 5.08. The lowest BCUT2D eigenvalue weighted by atomic mass is 9.88. The van der Waals surface area contributed by atoms with Crippen molar-refractivity contribution in [2.45, 2.75) is 18.6 Å². The van der Waals surface area contributed by atoms with E-state index < -0.39 is 23.5 Å². The molecule has 1 saturated heterocycles. The van der Waals surface area contributed by atoms with Crippen LogP contribution in [0.5, 0.6) is 5.88 Å². The summed E-state index contributed by atoms with van der Waals surface area (Å²) >= 11 is 0. The fourth-order valence-electron chi connectivity index (χ4n) is 3.80. The molecule has 2 aromatic heterocycles. The van der Waals surface area contributed by atoms with Crippen LogP contribution in [0.4, 0.5) is 23.2 Å². The third-order valence-electron chi connectivity index (χ3n) is 5.30. The van der Waals surface area contributed by atoms with Crippen LogP contribution in [0, 0.1) is 5.82 Å². The van der Waals surface area contributed by atoms with Crippen LogP contribution in [-0.2, 0) is 12.7 Å². The van der Waals surface area contributed by atoms with Crippen LogP contribution >= 0.6 is 0 Å². The molecule has 0 unspecified atom stereocenters. The van der Waals surface area contributed by atoms with Crippen molar-refractivity contribution in [3.8, 4) is 5.88 Å². The Morgan fingerprint density at radius 1 is 1.18 bits per heavy atom. The minimum absolute atomic E-state index is 0.0751. The molecule has 0 bridgehead atoms. The number of aromatic nitrogens is 3. The van der Waals surface area contributed by atoms with Crippen molar-refractivity contribution in [3.63, 3.8) is 0 Å². The molecule has 0 radical (unpaired) electrons. The number of benzene rings is 1. The number of hydrogen-bond donors (Lipinski definition) is 1. The summed E-state index contributed by atoms with van der Waals surface area (Å²) in [5.41, 5.74) is 0.641. The zero-order valence-electron chi connectivity index (χ0n) is 17.4. The van der Waals surface area contributed by atoms with Crippen molar-refractivity contribution in [3.05, 3.63) is 77.0 Å². The number of nitrogens with one attached hydrogen (secondary N) is 1. The molecule has 1 N–H and O–H groups in total. The molecule has 11 heteroatoms. The fourth-order valence-corrected chi connectivity index (χ4v) is 3.80. The highest BCUT2D eigenvalue weighted by molar-refractivity contribution is 6.07. The molecule has 1 aromatic carbocycles. The first-order chi connectivity index (χ1) is 15.7. The average Bonchev–Trinajstić information content (AvgIpc) is 2.75. The number of carbonyl (C=O) groups excluding carboxylic acids is 1. The van der Waals surface area contributed by atoms with E-state index in [0.717, 1.165) is 12.1 Å². The van der Waals surface area contributed by atoms with Crippen molar-refractivity contribution >= 4 is 11.6 Å². The highest BCUT2D eigenvalue weighted by atomic mass is 19.4. The maximum atomic E-state index is 13.7. The molecule has 1 aliphatic rings. The number of nitrogens with zero attached hydrogens (tertiary/aromatic N) is 4. The predicted octanol–water partition coefficient (Wildman–Crippen LogP) is 3.89. The predicted molar refractivity (Wildman–Crippen MR) is 110 cm³/mol. The number of halogens is 4. The topological polar surface area (TPSA) is 80.2 Å². The summed E-state index contributed by atoms with van der Waals surface area (Å²) < 4.78 is 57.9. The molecular formula is C22H19F4N5O2. The van der Waals surface area contributed by atoms with E-state index in [0.29, 0.717) is 30.4 Å². The fraction of sp³-hybridized carbons (Fsp3) is 0.273. The van der Waals surface area contributed by atoms with Gasteiger partial charge in [-0.3, -0.25) is 9.69 Å². The number of pyridine rings is 1. The summed E-state index contributed by atoms with van der Waals surface area (Å²) in [7, 11) is 1.41. The van der Waals surface area contributed by atoms with Gasteiger partial charge in [0.2, 0.25) is 5.88 Å². The van der Waals surface area contributed by atoms with Crippen LogP contribution in [0.3, 0.4) is 0 Å². The monoisotopic (exact) mass is 461 g/mol. The number of hydrogen-bond acceptors (Lipinski definition) is 6. The van der Waals surface area contributed by atoms with Crippen molar-refractivity contribution in [2.24, 2.45) is 0 Å². The Kier molecular flexibility index (Phi) is 6.23. The van der Waals surface area contributed by atoms with Gasteiger partial charge >= 0.3 is 6.18 Å². The molecule has 4 rings (SSSR count). The number of methoxy groups -OCH3 is 1. The normalized spacial score (nSPS) is 14.6. The van der Waals surface area contributed by atoms with Crippen molar-refractivity contribution in [2.75, 3.05) is 25.5 Å². The van der Waals surface area contributed by atoms with Gasteiger partial charge in [0.1, 0.15) is 11.4 Å². The molecule has 0 saturated carbocycles. The van der Waals surface area contributed by atoms with E-state index in [-0.39, 0.29) is 29.5 Å². The second kappa shape index (κ2) is 9.10. The molecule has 0 spiro atoms. The number of alkyl halides is 3. The number of ether oxygens (including phenoxy) is 1. The highest BCUT2D eigenvalue weighted by Gasteiger charge is 2.34. The molecule has 172 valence electrons. The van der Waals surface area contributed by atoms with E-state index in [9.17, 15) is 22.4 Å². The highest BCUT2D eigenvalue weighted by Crippen LogP contribution is 2.35. The van der Waals surface area contributed by atoms with Crippen LogP contribution in [0.1, 0.15) is 33.0 Å². The minimum Gasteiger partial charge on any atom is -0.480 e. The minimum atomic E-state index is -4.62. The standard InChI is InChI=1S/C22H19F4N5O2/c1-33-21-19(20(32)30-17-2-5-28-29-9-17)18(3-4-27-21)14-11-31(12-14)10-13-6-15(22(24,25)26)8-16(23)7-13/h2-9,14H,10-12H2,1H3,(H,28,30,32). The summed E-state index contributed by atoms with van der Waals surface area (Å²) in [5.74, 6) is -1.28. The van der Waals surface area contributed by atoms with Gasteiger partial charge in [-0.2, -0.15) is 23.4 Å². The van der Waals surface area contributed by atoms with Gasteiger partial charge in [-0.25, -0.2) is 9.37 Å². The summed E-state index contributed by atoms with van der Waals surface area (Å²) in [6.07, 6.45) is -0.241. The Morgan fingerprint density at radius 2 is 1.97 bits per heavy atom. The van der Waals surface area contributed by atoms with Crippen LogP contribution in [-0.4, -0.2) is 46.2 Å². The van der Waals surface area contributed by atoms with Gasteiger partial charge in [0, 0.05) is 31.7 Å². The van der Waals surface area contributed by atoms with Gasteiger partial charge in [-0.1, -0.05) is 0 Å². The Bertz CT molecular complexity index is 1150. The SMILES string of the molecule is COc1nccc(C2CN(Cc3cc(F)cc(C(F)(F)F)c3)C2)c1C(=O)Nc1ccnnc1. The van der Waals surface area contributed by atoms with Crippen LogP contribution < -0.4 is 10.1 Å². The first kappa shape index (κ1) is 22.6. The molecule has 1 amide bonds. The maximum Gasteiger partial charge on any atom is 0.416 e. The van der Waals surface area contributed by atoms with Gasteiger partial charge in [-0.15, -0.1) is 0 Å². The average molecular weight is 461 g/mol. The van der Waals surface area contributed by atoms with Crippen LogP contribution in [0.25, 0.3) is 0 Å². The van der Waals surface area contributed by atoms with E-state index in [2.05, 4.69) is 20.5 Å². The summed E-state index contributed by atoms with van der Waals surface area (Å²) in [5, 5.41) is 10.1. The van der Waals surface area contributed by atoms with Gasteiger partial charge in [0.05, 0.1) is 30.8 Å². The Balaban J connectivity index is 1.50. The van der Waals surface area contributed by atoms with E-state index in [4.69, 9.17) is 4.74 Å². The summed E-state index contributed by atoms with van der Waals surface area (Å²) in [6, 6.07) is 5.84. The number of likely N-dealkylation sites (tertiary alicyclic amines) is 1.